The van der Waals surface area contributed by atoms with Crippen LogP contribution in [-0.4, -0.2) is 24.8 Å². The Hall–Kier alpha value is -2.53. The van der Waals surface area contributed by atoms with Crippen molar-refractivity contribution in [2.45, 2.75) is 19.9 Å². The molecule has 0 bridgehead atoms. The number of anilines is 1. The van der Waals surface area contributed by atoms with E-state index >= 15 is 0 Å². The molecular formula is C18H20ClN3O2. The number of rotatable bonds is 7. The number of benzene rings is 2. The van der Waals surface area contributed by atoms with Crippen molar-refractivity contribution >= 4 is 29.4 Å². The van der Waals surface area contributed by atoms with Gasteiger partial charge < -0.3 is 10.1 Å². The van der Waals surface area contributed by atoms with Gasteiger partial charge in [0.15, 0.2) is 0 Å². The molecule has 24 heavy (non-hydrogen) atoms. The highest BCUT2D eigenvalue weighted by Gasteiger charge is 2.11. The van der Waals surface area contributed by atoms with Crippen molar-refractivity contribution in [3.8, 4) is 5.75 Å². The van der Waals surface area contributed by atoms with Crippen molar-refractivity contribution < 1.29 is 9.53 Å². The first-order valence-corrected chi connectivity index (χ1v) is 8.04. The zero-order valence-corrected chi connectivity index (χ0v) is 14.4. The van der Waals surface area contributed by atoms with Gasteiger partial charge in [0.1, 0.15) is 11.8 Å². The van der Waals surface area contributed by atoms with Crippen molar-refractivity contribution in [3.05, 3.63) is 59.1 Å². The molecule has 0 radical (unpaired) electrons. The van der Waals surface area contributed by atoms with Gasteiger partial charge in [-0.3, -0.25) is 4.79 Å². The molecule has 0 aliphatic carbocycles. The normalized spacial score (nSPS) is 12.0. The number of halogens is 1. The summed E-state index contributed by atoms with van der Waals surface area (Å²) in [6.07, 6.45) is 1.57. The average Bonchev–Trinajstić information content (AvgIpc) is 2.58. The molecule has 126 valence electrons. The molecule has 1 amide bonds. The monoisotopic (exact) mass is 345 g/mol. The molecule has 2 N–H and O–H groups in total. The zero-order valence-electron chi connectivity index (χ0n) is 13.6. The van der Waals surface area contributed by atoms with Gasteiger partial charge in [-0.25, -0.2) is 5.43 Å². The zero-order chi connectivity index (χ0) is 17.4. The number of nitrogens with zero attached hydrogens (tertiary/aromatic N) is 1. The summed E-state index contributed by atoms with van der Waals surface area (Å²) in [5.41, 5.74) is 4.20. The van der Waals surface area contributed by atoms with Crippen LogP contribution in [0, 0.1) is 0 Å². The summed E-state index contributed by atoms with van der Waals surface area (Å²) in [5, 5.41) is 7.71. The predicted molar refractivity (Wildman–Crippen MR) is 97.9 cm³/mol. The highest BCUT2D eigenvalue weighted by atomic mass is 35.5. The van der Waals surface area contributed by atoms with Crippen LogP contribution in [0.4, 0.5) is 5.69 Å². The summed E-state index contributed by atoms with van der Waals surface area (Å²) in [6.45, 7) is 4.32. The van der Waals surface area contributed by atoms with Gasteiger partial charge in [-0.05, 0) is 55.8 Å². The van der Waals surface area contributed by atoms with Crippen molar-refractivity contribution in [2.75, 3.05) is 11.9 Å². The van der Waals surface area contributed by atoms with Crippen LogP contribution in [0.15, 0.2) is 53.6 Å². The van der Waals surface area contributed by atoms with Gasteiger partial charge in [0.2, 0.25) is 0 Å². The summed E-state index contributed by atoms with van der Waals surface area (Å²) >= 11 is 5.81. The lowest BCUT2D eigenvalue weighted by Crippen LogP contribution is -2.34. The summed E-state index contributed by atoms with van der Waals surface area (Å²) < 4.78 is 5.38. The molecule has 0 saturated heterocycles. The fourth-order valence-corrected chi connectivity index (χ4v) is 2.07. The van der Waals surface area contributed by atoms with Crippen molar-refractivity contribution in [2.24, 2.45) is 5.10 Å². The third-order valence-electron chi connectivity index (χ3n) is 3.20. The van der Waals surface area contributed by atoms with E-state index in [1.807, 2.05) is 43.3 Å². The highest BCUT2D eigenvalue weighted by Crippen LogP contribution is 2.16. The fraction of sp³-hybridized carbons (Fsp3) is 0.222. The SMILES string of the molecule is CCOc1ccc(NC(C)C(=O)NN=Cc2ccc(Cl)cc2)cc1. The number of carbonyl (C=O) groups excluding carboxylic acids is 1. The van der Waals surface area contributed by atoms with Gasteiger partial charge >= 0.3 is 0 Å². The number of carbonyl (C=O) groups is 1. The fourth-order valence-electron chi connectivity index (χ4n) is 1.95. The van der Waals surface area contributed by atoms with Crippen LogP contribution in [0.3, 0.4) is 0 Å². The predicted octanol–water partition coefficient (Wildman–Crippen LogP) is 3.69. The Balaban J connectivity index is 1.84. The summed E-state index contributed by atoms with van der Waals surface area (Å²) in [4.78, 5) is 12.0. The standard InChI is InChI=1S/C18H20ClN3O2/c1-3-24-17-10-8-16(9-11-17)21-13(2)18(23)22-20-12-14-4-6-15(19)7-5-14/h4-13,21H,3H2,1-2H3,(H,22,23). The van der Waals surface area contributed by atoms with Crippen LogP contribution in [0.1, 0.15) is 19.4 Å². The van der Waals surface area contributed by atoms with Gasteiger partial charge in [-0.15, -0.1) is 0 Å². The Morgan fingerprint density at radius 1 is 1.21 bits per heavy atom. The molecule has 2 aromatic carbocycles. The first kappa shape index (κ1) is 17.8. The Bertz CT molecular complexity index is 684. The van der Waals surface area contributed by atoms with Gasteiger partial charge in [0, 0.05) is 10.7 Å². The minimum Gasteiger partial charge on any atom is -0.494 e. The molecule has 5 nitrogen and oxygen atoms in total. The van der Waals surface area contributed by atoms with E-state index in [2.05, 4.69) is 15.8 Å². The summed E-state index contributed by atoms with van der Waals surface area (Å²) in [5.74, 6) is 0.571. The highest BCUT2D eigenvalue weighted by molar-refractivity contribution is 6.30. The van der Waals surface area contributed by atoms with Crippen LogP contribution < -0.4 is 15.5 Å². The molecule has 1 atom stereocenters. The van der Waals surface area contributed by atoms with Crippen LogP contribution in [0.2, 0.25) is 5.02 Å². The van der Waals surface area contributed by atoms with Crippen LogP contribution in [-0.2, 0) is 4.79 Å². The van der Waals surface area contributed by atoms with Crippen molar-refractivity contribution in [3.63, 3.8) is 0 Å². The Kier molecular flexibility index (Phi) is 6.63. The lowest BCUT2D eigenvalue weighted by molar-refractivity contribution is -0.121. The quantitative estimate of drug-likeness (QED) is 0.594. The maximum absolute atomic E-state index is 12.0. The van der Waals surface area contributed by atoms with E-state index < -0.39 is 6.04 Å². The van der Waals surface area contributed by atoms with Gasteiger partial charge in [0.25, 0.3) is 5.91 Å². The molecule has 0 saturated carbocycles. The summed E-state index contributed by atoms with van der Waals surface area (Å²) in [7, 11) is 0. The first-order chi connectivity index (χ1) is 11.6. The van der Waals surface area contributed by atoms with E-state index in [4.69, 9.17) is 16.3 Å². The molecule has 6 heteroatoms. The number of ether oxygens (including phenoxy) is 1. The maximum Gasteiger partial charge on any atom is 0.262 e. The van der Waals surface area contributed by atoms with Crippen molar-refractivity contribution in [1.82, 2.24) is 5.43 Å². The Morgan fingerprint density at radius 2 is 1.88 bits per heavy atom. The second-order valence-corrected chi connectivity index (χ2v) is 5.55. The second-order valence-electron chi connectivity index (χ2n) is 5.11. The molecule has 0 fully saturated rings. The van der Waals surface area contributed by atoms with E-state index in [9.17, 15) is 4.79 Å². The lowest BCUT2D eigenvalue weighted by Gasteiger charge is -2.13. The van der Waals surface area contributed by atoms with E-state index in [0.717, 1.165) is 17.0 Å². The molecular weight excluding hydrogens is 326 g/mol. The molecule has 0 heterocycles. The smallest absolute Gasteiger partial charge is 0.262 e. The topological polar surface area (TPSA) is 62.7 Å². The first-order valence-electron chi connectivity index (χ1n) is 7.66. The lowest BCUT2D eigenvalue weighted by atomic mass is 10.2. The third-order valence-corrected chi connectivity index (χ3v) is 3.45. The van der Waals surface area contributed by atoms with Crippen LogP contribution in [0.5, 0.6) is 5.75 Å². The molecule has 0 aliphatic rings. The van der Waals surface area contributed by atoms with Gasteiger partial charge in [-0.1, -0.05) is 23.7 Å². The Labute approximate surface area is 146 Å². The largest absolute Gasteiger partial charge is 0.494 e. The number of nitrogens with one attached hydrogen (secondary N) is 2. The van der Waals surface area contributed by atoms with E-state index in [1.54, 1.807) is 25.3 Å². The van der Waals surface area contributed by atoms with Crippen molar-refractivity contribution in [1.29, 1.82) is 0 Å². The maximum atomic E-state index is 12.0. The number of hydrazone groups is 1. The van der Waals surface area contributed by atoms with Crippen LogP contribution in [0.25, 0.3) is 0 Å². The second kappa shape index (κ2) is 8.93. The molecule has 0 spiro atoms. The molecule has 2 aromatic rings. The minimum absolute atomic E-state index is 0.228. The molecule has 1 unspecified atom stereocenters. The number of hydrogen-bond donors (Lipinski definition) is 2. The minimum atomic E-state index is -0.426. The number of amides is 1. The molecule has 2 rings (SSSR count). The molecule has 0 aromatic heterocycles. The number of hydrogen-bond acceptors (Lipinski definition) is 4. The summed E-state index contributed by atoms with van der Waals surface area (Å²) in [6, 6.07) is 14.2. The van der Waals surface area contributed by atoms with E-state index in [0.29, 0.717) is 11.6 Å². The van der Waals surface area contributed by atoms with Crippen LogP contribution >= 0.6 is 11.6 Å². The average molecular weight is 346 g/mol. The van der Waals surface area contributed by atoms with Gasteiger partial charge in [0.05, 0.1) is 12.8 Å². The third kappa shape index (κ3) is 5.59. The van der Waals surface area contributed by atoms with Gasteiger partial charge in [-0.2, -0.15) is 5.10 Å². The Morgan fingerprint density at radius 3 is 2.50 bits per heavy atom. The van der Waals surface area contributed by atoms with E-state index in [1.165, 1.54) is 0 Å². The van der Waals surface area contributed by atoms with E-state index in [-0.39, 0.29) is 5.91 Å². The molecule has 0 aliphatic heterocycles.